The summed E-state index contributed by atoms with van der Waals surface area (Å²) in [6.07, 6.45) is 0.457. The van der Waals surface area contributed by atoms with Crippen LogP contribution in [0.15, 0.2) is 4.99 Å². The molecule has 2 N–H and O–H groups in total. The van der Waals surface area contributed by atoms with Crippen LogP contribution in [0.3, 0.4) is 0 Å². The molecule has 0 fully saturated rings. The van der Waals surface area contributed by atoms with Crippen molar-refractivity contribution in [2.24, 2.45) is 4.99 Å². The highest BCUT2D eigenvalue weighted by molar-refractivity contribution is 5.79. The molecule has 1 amide bonds. The van der Waals surface area contributed by atoms with Crippen LogP contribution in [0.4, 0.5) is 4.79 Å². The van der Waals surface area contributed by atoms with Gasteiger partial charge in [-0.2, -0.15) is 0 Å². The zero-order valence-electron chi connectivity index (χ0n) is 16.4. The van der Waals surface area contributed by atoms with Crippen LogP contribution in [0, 0.1) is 0 Å². The molecule has 24 heavy (non-hydrogen) atoms. The molecule has 0 rings (SSSR count). The van der Waals surface area contributed by atoms with Crippen LogP contribution in [0.5, 0.6) is 0 Å². The molecule has 0 saturated carbocycles. The third kappa shape index (κ3) is 11.1. The van der Waals surface area contributed by atoms with Crippen molar-refractivity contribution in [3.63, 3.8) is 0 Å². The Kier molecular flexibility index (Phi) is 11.2. The summed E-state index contributed by atoms with van der Waals surface area (Å²) in [5.41, 5.74) is -0.480. The second kappa shape index (κ2) is 11.9. The number of nitrogens with zero attached hydrogens (tertiary/aromatic N) is 2. The summed E-state index contributed by atoms with van der Waals surface area (Å²) in [7, 11) is 1.76. The van der Waals surface area contributed by atoms with Crippen LogP contribution >= 0.6 is 0 Å². The van der Waals surface area contributed by atoms with Crippen molar-refractivity contribution in [3.8, 4) is 0 Å². The third-order valence-corrected chi connectivity index (χ3v) is 3.25. The third-order valence-electron chi connectivity index (χ3n) is 3.25. The topological polar surface area (TPSA) is 75.2 Å². The van der Waals surface area contributed by atoms with Crippen molar-refractivity contribution in [2.75, 3.05) is 39.9 Å². The zero-order chi connectivity index (χ0) is 18.6. The van der Waals surface area contributed by atoms with E-state index in [0.29, 0.717) is 26.3 Å². The Morgan fingerprint density at radius 1 is 1.25 bits per heavy atom. The maximum absolute atomic E-state index is 12.0. The molecule has 1 unspecified atom stereocenters. The first-order valence-corrected chi connectivity index (χ1v) is 8.77. The SMILES string of the molecule is CCNC(=NCCC(C)N(C)C(=O)OC(C)(C)C)NCCOCC. The summed E-state index contributed by atoms with van der Waals surface area (Å²) in [6.45, 7) is 15.1. The molecule has 0 saturated heterocycles. The Labute approximate surface area is 147 Å². The molecule has 0 aliphatic carbocycles. The maximum atomic E-state index is 12.0. The van der Waals surface area contributed by atoms with Crippen LogP contribution in [0.2, 0.25) is 0 Å². The van der Waals surface area contributed by atoms with Crippen LogP contribution in [0.1, 0.15) is 48.0 Å². The number of hydrogen-bond acceptors (Lipinski definition) is 4. The van der Waals surface area contributed by atoms with Crippen LogP contribution in [-0.4, -0.2) is 68.5 Å². The van der Waals surface area contributed by atoms with E-state index in [9.17, 15) is 4.79 Å². The Morgan fingerprint density at radius 2 is 1.92 bits per heavy atom. The van der Waals surface area contributed by atoms with Gasteiger partial charge >= 0.3 is 6.09 Å². The van der Waals surface area contributed by atoms with Gasteiger partial charge in [0.25, 0.3) is 0 Å². The summed E-state index contributed by atoms with van der Waals surface area (Å²) in [6, 6.07) is 0.0508. The lowest BCUT2D eigenvalue weighted by atomic mass is 10.2. The summed E-state index contributed by atoms with van der Waals surface area (Å²) in [5.74, 6) is 0.768. The standard InChI is InChI=1S/C17H36N4O3/c1-8-18-15(20-12-13-23-9-2)19-11-10-14(3)21(7)16(22)24-17(4,5)6/h14H,8-13H2,1-7H3,(H2,18,19,20). The average Bonchev–Trinajstić information content (AvgIpc) is 2.48. The summed E-state index contributed by atoms with van der Waals surface area (Å²) >= 11 is 0. The zero-order valence-corrected chi connectivity index (χ0v) is 16.4. The first-order chi connectivity index (χ1) is 11.2. The van der Waals surface area contributed by atoms with Gasteiger partial charge in [-0.1, -0.05) is 0 Å². The molecule has 0 spiro atoms. The second-order valence-electron chi connectivity index (χ2n) is 6.61. The van der Waals surface area contributed by atoms with E-state index in [1.807, 2.05) is 41.5 Å². The molecular weight excluding hydrogens is 308 g/mol. The Balaban J connectivity index is 4.32. The molecular formula is C17H36N4O3. The fraction of sp³-hybridized carbons (Fsp3) is 0.882. The quantitative estimate of drug-likeness (QED) is 0.381. The van der Waals surface area contributed by atoms with Gasteiger partial charge in [-0.05, 0) is 48.0 Å². The number of carbonyl (C=O) groups is 1. The summed E-state index contributed by atoms with van der Waals surface area (Å²) in [5, 5.41) is 6.42. The first kappa shape index (κ1) is 22.5. The van der Waals surface area contributed by atoms with E-state index in [4.69, 9.17) is 9.47 Å². The van der Waals surface area contributed by atoms with E-state index in [2.05, 4.69) is 15.6 Å². The highest BCUT2D eigenvalue weighted by Crippen LogP contribution is 2.11. The largest absolute Gasteiger partial charge is 0.444 e. The molecule has 0 aromatic carbocycles. The van der Waals surface area contributed by atoms with Gasteiger partial charge in [0.2, 0.25) is 0 Å². The van der Waals surface area contributed by atoms with Crippen LogP contribution < -0.4 is 10.6 Å². The number of nitrogens with one attached hydrogen (secondary N) is 2. The Hall–Kier alpha value is -1.50. The molecule has 7 nitrogen and oxygen atoms in total. The number of amides is 1. The van der Waals surface area contributed by atoms with Gasteiger partial charge in [0.15, 0.2) is 5.96 Å². The number of carbonyl (C=O) groups excluding carboxylic acids is 1. The van der Waals surface area contributed by atoms with Crippen molar-refractivity contribution < 1.29 is 14.3 Å². The van der Waals surface area contributed by atoms with Gasteiger partial charge in [0, 0.05) is 39.3 Å². The first-order valence-electron chi connectivity index (χ1n) is 8.77. The molecule has 7 heteroatoms. The van der Waals surface area contributed by atoms with Crippen molar-refractivity contribution in [3.05, 3.63) is 0 Å². The molecule has 0 aliphatic rings. The van der Waals surface area contributed by atoms with Gasteiger partial charge < -0.3 is 25.0 Å². The molecule has 0 aromatic heterocycles. The average molecular weight is 345 g/mol. The number of aliphatic imine (C=N–C) groups is 1. The monoisotopic (exact) mass is 344 g/mol. The number of hydrogen-bond donors (Lipinski definition) is 2. The maximum Gasteiger partial charge on any atom is 0.410 e. The van der Waals surface area contributed by atoms with E-state index in [0.717, 1.165) is 18.9 Å². The smallest absolute Gasteiger partial charge is 0.410 e. The summed E-state index contributed by atoms with van der Waals surface area (Å²) in [4.78, 5) is 18.2. The second-order valence-corrected chi connectivity index (χ2v) is 6.61. The molecule has 0 heterocycles. The Bertz CT molecular complexity index is 381. The van der Waals surface area contributed by atoms with Gasteiger partial charge in [0.05, 0.1) is 6.61 Å². The van der Waals surface area contributed by atoms with Gasteiger partial charge in [0.1, 0.15) is 5.60 Å². The van der Waals surface area contributed by atoms with Gasteiger partial charge in [-0.15, -0.1) is 0 Å². The van der Waals surface area contributed by atoms with E-state index < -0.39 is 5.60 Å². The molecule has 0 aliphatic heterocycles. The highest BCUT2D eigenvalue weighted by atomic mass is 16.6. The minimum Gasteiger partial charge on any atom is -0.444 e. The van der Waals surface area contributed by atoms with Crippen molar-refractivity contribution >= 4 is 12.1 Å². The highest BCUT2D eigenvalue weighted by Gasteiger charge is 2.22. The van der Waals surface area contributed by atoms with Crippen molar-refractivity contribution in [2.45, 2.75) is 59.6 Å². The van der Waals surface area contributed by atoms with Crippen molar-refractivity contribution in [1.82, 2.24) is 15.5 Å². The molecule has 1 atom stereocenters. The van der Waals surface area contributed by atoms with E-state index >= 15 is 0 Å². The lowest BCUT2D eigenvalue weighted by Gasteiger charge is -2.28. The predicted molar refractivity (Wildman–Crippen MR) is 98.6 cm³/mol. The van der Waals surface area contributed by atoms with E-state index in [1.165, 1.54) is 0 Å². The minimum absolute atomic E-state index is 0.0508. The normalized spacial score (nSPS) is 13.4. The molecule has 0 bridgehead atoms. The molecule has 142 valence electrons. The number of ether oxygens (including phenoxy) is 2. The fourth-order valence-corrected chi connectivity index (χ4v) is 1.80. The Morgan fingerprint density at radius 3 is 2.46 bits per heavy atom. The van der Waals surface area contributed by atoms with Crippen molar-refractivity contribution in [1.29, 1.82) is 0 Å². The molecule has 0 aromatic rings. The fourth-order valence-electron chi connectivity index (χ4n) is 1.80. The van der Waals surface area contributed by atoms with Gasteiger partial charge in [-0.3, -0.25) is 4.99 Å². The minimum atomic E-state index is -0.480. The summed E-state index contributed by atoms with van der Waals surface area (Å²) < 4.78 is 10.7. The lowest BCUT2D eigenvalue weighted by molar-refractivity contribution is 0.0231. The van der Waals surface area contributed by atoms with E-state index in [1.54, 1.807) is 11.9 Å². The van der Waals surface area contributed by atoms with Crippen LogP contribution in [-0.2, 0) is 9.47 Å². The van der Waals surface area contributed by atoms with Gasteiger partial charge in [-0.25, -0.2) is 4.79 Å². The lowest BCUT2D eigenvalue weighted by Crippen LogP contribution is -2.40. The number of guanidine groups is 1. The molecule has 0 radical (unpaired) electrons. The predicted octanol–water partition coefficient (Wildman–Crippen LogP) is 2.22. The number of rotatable bonds is 9. The van der Waals surface area contributed by atoms with E-state index in [-0.39, 0.29) is 12.1 Å². The van der Waals surface area contributed by atoms with Crippen LogP contribution in [0.25, 0.3) is 0 Å².